The van der Waals surface area contributed by atoms with E-state index >= 15 is 0 Å². The molecule has 0 rings (SSSR count). The zero-order valence-electron chi connectivity index (χ0n) is 10.3. The van der Waals surface area contributed by atoms with Crippen molar-refractivity contribution in [3.8, 4) is 0 Å². The van der Waals surface area contributed by atoms with E-state index in [2.05, 4.69) is 10.6 Å². The molecule has 0 spiro atoms. The summed E-state index contributed by atoms with van der Waals surface area (Å²) in [6, 6.07) is -0.663. The predicted octanol–water partition coefficient (Wildman–Crippen LogP) is -1.44. The molecule has 9 heteroatoms. The molecular formula is C9H18N2O6S. The molecule has 0 saturated carbocycles. The quantitative estimate of drug-likeness (QED) is 0.452. The minimum Gasteiger partial charge on any atom is -0.481 e. The Hall–Kier alpha value is -1.35. The van der Waals surface area contributed by atoms with Gasteiger partial charge in [-0.3, -0.25) is 4.79 Å². The van der Waals surface area contributed by atoms with Crippen molar-refractivity contribution in [3.63, 3.8) is 0 Å². The number of carboxylic acid groups (broad SMARTS) is 1. The number of sulfone groups is 1. The summed E-state index contributed by atoms with van der Waals surface area (Å²) in [6.07, 6.45) is 0.543. The minimum absolute atomic E-state index is 0.0499. The highest BCUT2D eigenvalue weighted by atomic mass is 32.2. The van der Waals surface area contributed by atoms with Gasteiger partial charge in [-0.1, -0.05) is 0 Å². The number of urea groups is 1. The molecule has 0 aromatic carbocycles. The summed E-state index contributed by atoms with van der Waals surface area (Å²) in [4.78, 5) is 21.6. The van der Waals surface area contributed by atoms with Crippen LogP contribution in [0.1, 0.15) is 13.3 Å². The molecule has 1 unspecified atom stereocenters. The molecular weight excluding hydrogens is 264 g/mol. The van der Waals surface area contributed by atoms with E-state index in [0.717, 1.165) is 6.26 Å². The second-order valence-corrected chi connectivity index (χ2v) is 6.57. The Kier molecular flexibility index (Phi) is 6.06. The summed E-state index contributed by atoms with van der Waals surface area (Å²) >= 11 is 0. The van der Waals surface area contributed by atoms with Gasteiger partial charge in [0, 0.05) is 19.3 Å². The van der Waals surface area contributed by atoms with Crippen LogP contribution in [0.2, 0.25) is 0 Å². The van der Waals surface area contributed by atoms with Crippen molar-refractivity contribution in [2.45, 2.75) is 18.9 Å². The molecule has 0 radical (unpaired) electrons. The van der Waals surface area contributed by atoms with E-state index < -0.39 is 33.9 Å². The van der Waals surface area contributed by atoms with Crippen LogP contribution < -0.4 is 10.6 Å². The average Bonchev–Trinajstić information content (AvgIpc) is 2.10. The topological polar surface area (TPSA) is 133 Å². The van der Waals surface area contributed by atoms with Gasteiger partial charge in [-0.15, -0.1) is 0 Å². The first-order valence-electron chi connectivity index (χ1n) is 5.15. The van der Waals surface area contributed by atoms with Gasteiger partial charge < -0.3 is 20.8 Å². The van der Waals surface area contributed by atoms with Gasteiger partial charge in [-0.05, 0) is 6.92 Å². The Bertz CT molecular complexity index is 403. The van der Waals surface area contributed by atoms with Crippen LogP contribution in [0.25, 0.3) is 0 Å². The van der Waals surface area contributed by atoms with E-state index in [1.807, 2.05) is 0 Å². The smallest absolute Gasteiger partial charge is 0.314 e. The number of amides is 2. The zero-order valence-corrected chi connectivity index (χ0v) is 11.1. The lowest BCUT2D eigenvalue weighted by atomic mass is 10.0. The molecule has 0 heterocycles. The third-order valence-corrected chi connectivity index (χ3v) is 2.87. The van der Waals surface area contributed by atoms with Crippen LogP contribution in [-0.4, -0.2) is 61.3 Å². The predicted molar refractivity (Wildman–Crippen MR) is 64.0 cm³/mol. The maximum absolute atomic E-state index is 11.2. The molecule has 0 aliphatic heterocycles. The van der Waals surface area contributed by atoms with Crippen LogP contribution in [0.3, 0.4) is 0 Å². The molecule has 4 N–H and O–H groups in total. The summed E-state index contributed by atoms with van der Waals surface area (Å²) in [6.45, 7) is 0.980. The minimum atomic E-state index is -3.15. The molecule has 18 heavy (non-hydrogen) atoms. The van der Waals surface area contributed by atoms with Crippen molar-refractivity contribution < 1.29 is 28.2 Å². The van der Waals surface area contributed by atoms with Crippen LogP contribution in [0, 0.1) is 0 Å². The standard InChI is InChI=1S/C9H18N2O6S/c1-9(15,5-7(12)13)6-11-8(14)10-3-4-18(2,16)17/h15H,3-6H2,1-2H3,(H,12,13)(H2,10,11,14). The van der Waals surface area contributed by atoms with E-state index in [1.165, 1.54) is 6.92 Å². The second kappa shape index (κ2) is 6.55. The maximum atomic E-state index is 11.2. The summed E-state index contributed by atoms with van der Waals surface area (Å²) in [5.74, 6) is -1.37. The van der Waals surface area contributed by atoms with E-state index in [9.17, 15) is 23.1 Å². The Morgan fingerprint density at radius 1 is 1.28 bits per heavy atom. The van der Waals surface area contributed by atoms with E-state index in [4.69, 9.17) is 5.11 Å². The summed E-state index contributed by atoms with van der Waals surface area (Å²) < 4.78 is 21.5. The Balaban J connectivity index is 3.93. The first kappa shape index (κ1) is 16.6. The largest absolute Gasteiger partial charge is 0.481 e. The van der Waals surface area contributed by atoms with Gasteiger partial charge >= 0.3 is 12.0 Å². The third-order valence-electron chi connectivity index (χ3n) is 1.92. The number of carboxylic acids is 1. The van der Waals surface area contributed by atoms with Gasteiger partial charge in [0.15, 0.2) is 0 Å². The normalized spacial score (nSPS) is 14.6. The van der Waals surface area contributed by atoms with Crippen molar-refractivity contribution in [2.75, 3.05) is 25.1 Å². The SMILES string of the molecule is CC(O)(CNC(=O)NCCS(C)(=O)=O)CC(=O)O. The van der Waals surface area contributed by atoms with Crippen molar-refractivity contribution in [3.05, 3.63) is 0 Å². The number of carbonyl (C=O) groups excluding carboxylic acids is 1. The lowest BCUT2D eigenvalue weighted by molar-refractivity contribution is -0.141. The number of aliphatic hydroxyl groups is 1. The molecule has 0 aromatic rings. The lowest BCUT2D eigenvalue weighted by Gasteiger charge is -2.21. The number of aliphatic carboxylic acids is 1. The molecule has 2 amide bonds. The average molecular weight is 282 g/mol. The highest BCUT2D eigenvalue weighted by Gasteiger charge is 2.24. The molecule has 0 bridgehead atoms. The van der Waals surface area contributed by atoms with E-state index in [-0.39, 0.29) is 18.8 Å². The van der Waals surface area contributed by atoms with Gasteiger partial charge in [0.25, 0.3) is 0 Å². The van der Waals surface area contributed by atoms with Gasteiger partial charge in [0.2, 0.25) is 0 Å². The van der Waals surface area contributed by atoms with Crippen molar-refractivity contribution >= 4 is 21.8 Å². The molecule has 1 atom stereocenters. The fraction of sp³-hybridized carbons (Fsp3) is 0.778. The van der Waals surface area contributed by atoms with Gasteiger partial charge in [-0.25, -0.2) is 13.2 Å². The molecule has 0 aliphatic rings. The number of carbonyl (C=O) groups is 2. The van der Waals surface area contributed by atoms with Crippen LogP contribution in [0.5, 0.6) is 0 Å². The molecule has 0 fully saturated rings. The van der Waals surface area contributed by atoms with Crippen molar-refractivity contribution in [1.82, 2.24) is 10.6 Å². The van der Waals surface area contributed by atoms with E-state index in [1.54, 1.807) is 0 Å². The first-order valence-corrected chi connectivity index (χ1v) is 7.21. The number of nitrogens with one attached hydrogen (secondary N) is 2. The molecule has 0 aliphatic carbocycles. The van der Waals surface area contributed by atoms with Crippen molar-refractivity contribution in [2.24, 2.45) is 0 Å². The Morgan fingerprint density at radius 2 is 1.83 bits per heavy atom. The molecule has 0 aromatic heterocycles. The Morgan fingerprint density at radius 3 is 2.28 bits per heavy atom. The van der Waals surface area contributed by atoms with Gasteiger partial charge in [-0.2, -0.15) is 0 Å². The Labute approximate surface area is 105 Å². The van der Waals surface area contributed by atoms with Crippen LogP contribution >= 0.6 is 0 Å². The van der Waals surface area contributed by atoms with Crippen molar-refractivity contribution in [1.29, 1.82) is 0 Å². The van der Waals surface area contributed by atoms with Gasteiger partial charge in [0.1, 0.15) is 9.84 Å². The molecule has 106 valence electrons. The lowest BCUT2D eigenvalue weighted by Crippen LogP contribution is -2.46. The summed E-state index contributed by atoms with van der Waals surface area (Å²) in [5.41, 5.74) is -1.56. The number of rotatable bonds is 7. The third kappa shape index (κ3) is 9.85. The summed E-state index contributed by atoms with van der Waals surface area (Å²) in [7, 11) is -3.15. The monoisotopic (exact) mass is 282 g/mol. The number of hydrogen-bond donors (Lipinski definition) is 4. The fourth-order valence-corrected chi connectivity index (χ4v) is 1.54. The van der Waals surface area contributed by atoms with Crippen LogP contribution in [-0.2, 0) is 14.6 Å². The van der Waals surface area contributed by atoms with Crippen LogP contribution in [0.15, 0.2) is 0 Å². The fourth-order valence-electron chi connectivity index (χ4n) is 1.07. The summed E-state index contributed by atoms with van der Waals surface area (Å²) in [5, 5.41) is 22.6. The first-order chi connectivity index (χ1) is 8.02. The highest BCUT2D eigenvalue weighted by molar-refractivity contribution is 7.90. The molecule has 8 nitrogen and oxygen atoms in total. The molecule has 0 saturated heterocycles. The zero-order chi connectivity index (χ0) is 14.4. The highest BCUT2D eigenvalue weighted by Crippen LogP contribution is 2.06. The van der Waals surface area contributed by atoms with Crippen LogP contribution in [0.4, 0.5) is 4.79 Å². The van der Waals surface area contributed by atoms with E-state index in [0.29, 0.717) is 0 Å². The number of hydrogen-bond acceptors (Lipinski definition) is 5. The maximum Gasteiger partial charge on any atom is 0.314 e. The second-order valence-electron chi connectivity index (χ2n) is 4.31. The van der Waals surface area contributed by atoms with Gasteiger partial charge in [0.05, 0.1) is 17.8 Å².